The van der Waals surface area contributed by atoms with Gasteiger partial charge in [-0.25, -0.2) is 0 Å². The number of benzene rings is 1. The van der Waals surface area contributed by atoms with Crippen molar-refractivity contribution in [1.82, 2.24) is 10.2 Å². The van der Waals surface area contributed by atoms with Crippen LogP contribution in [0.2, 0.25) is 5.15 Å². The molecule has 0 fully saturated rings. The molecule has 0 spiro atoms. The van der Waals surface area contributed by atoms with E-state index in [1.165, 1.54) is 11.3 Å². The molecule has 33 heavy (non-hydrogen) atoms. The molecule has 1 amide bonds. The van der Waals surface area contributed by atoms with E-state index >= 15 is 0 Å². The van der Waals surface area contributed by atoms with Gasteiger partial charge in [0.2, 0.25) is 0 Å². The van der Waals surface area contributed by atoms with Gasteiger partial charge in [-0.2, -0.15) is 0 Å². The number of anilines is 2. The highest BCUT2D eigenvalue weighted by molar-refractivity contribution is 7.09. The summed E-state index contributed by atoms with van der Waals surface area (Å²) in [5.74, 6) is 0.736. The second kappa shape index (κ2) is 10.5. The second-order valence-corrected chi connectivity index (χ2v) is 8.54. The van der Waals surface area contributed by atoms with Crippen molar-refractivity contribution in [2.45, 2.75) is 6.54 Å². The predicted octanol–water partition coefficient (Wildman–Crippen LogP) is 3.18. The summed E-state index contributed by atoms with van der Waals surface area (Å²) < 4.78 is 16.5. The molecule has 1 aromatic carbocycles. The summed E-state index contributed by atoms with van der Waals surface area (Å²) >= 11 is 7.27. The summed E-state index contributed by atoms with van der Waals surface area (Å²) in [4.78, 5) is 29.5. The highest BCUT2D eigenvalue weighted by Crippen LogP contribution is 2.34. The Morgan fingerprint density at radius 1 is 1.12 bits per heavy atom. The zero-order valence-electron chi connectivity index (χ0n) is 17.8. The van der Waals surface area contributed by atoms with E-state index in [4.69, 9.17) is 25.8 Å². The lowest BCUT2D eigenvalue weighted by Crippen LogP contribution is -2.36. The van der Waals surface area contributed by atoms with Crippen LogP contribution in [0.4, 0.5) is 11.5 Å². The van der Waals surface area contributed by atoms with E-state index in [1.807, 2.05) is 17.5 Å². The lowest BCUT2D eigenvalue weighted by molar-refractivity contribution is -0.146. The molecular weight excluding hydrogens is 468 g/mol. The van der Waals surface area contributed by atoms with Crippen molar-refractivity contribution in [2.75, 3.05) is 43.2 Å². The van der Waals surface area contributed by atoms with Gasteiger partial charge < -0.3 is 24.0 Å². The number of hydrogen-bond acceptors (Lipinski definition) is 9. The van der Waals surface area contributed by atoms with Crippen molar-refractivity contribution in [2.24, 2.45) is 0 Å². The van der Waals surface area contributed by atoms with Crippen LogP contribution in [0.25, 0.3) is 0 Å². The van der Waals surface area contributed by atoms with E-state index in [0.717, 1.165) is 4.88 Å². The van der Waals surface area contributed by atoms with Gasteiger partial charge in [0.15, 0.2) is 29.1 Å². The van der Waals surface area contributed by atoms with Crippen molar-refractivity contribution in [3.63, 3.8) is 0 Å². The van der Waals surface area contributed by atoms with E-state index in [0.29, 0.717) is 42.8 Å². The molecule has 9 nitrogen and oxygen atoms in total. The number of nitrogens with zero attached hydrogens (tertiary/aromatic N) is 4. The molecule has 1 aliphatic rings. The van der Waals surface area contributed by atoms with Crippen molar-refractivity contribution in [3.8, 4) is 11.5 Å². The number of fused-ring (bicyclic) bond motifs is 1. The number of ether oxygens (including phenoxy) is 3. The summed E-state index contributed by atoms with van der Waals surface area (Å²) in [6.45, 7) is 0.764. The van der Waals surface area contributed by atoms with Gasteiger partial charge in [-0.15, -0.1) is 21.5 Å². The third-order valence-corrected chi connectivity index (χ3v) is 5.83. The number of aromatic nitrogens is 2. The maximum Gasteiger partial charge on any atom is 0.326 e. The maximum absolute atomic E-state index is 13.1. The highest BCUT2D eigenvalue weighted by atomic mass is 35.5. The van der Waals surface area contributed by atoms with Crippen LogP contribution in [0.15, 0.2) is 47.8 Å². The number of carbonyl (C=O) groups is 2. The Kier molecular flexibility index (Phi) is 7.26. The minimum Gasteiger partial charge on any atom is -0.486 e. The third-order valence-electron chi connectivity index (χ3n) is 4.76. The average Bonchev–Trinajstić information content (AvgIpc) is 3.34. The number of esters is 1. The average molecular weight is 489 g/mol. The summed E-state index contributed by atoms with van der Waals surface area (Å²) in [5.41, 5.74) is 0.627. The standard InChI is InChI=1S/C22H21ClN4O5S/c1-26(20-7-6-19(23)24-25-20)13-22(29)32-14-21(28)27(12-16-3-2-10-33-16)15-4-5-17-18(11-15)31-9-8-30-17/h2-7,10-11H,8-9,12-14H2,1H3. The fourth-order valence-corrected chi connectivity index (χ4v) is 3.93. The zero-order valence-corrected chi connectivity index (χ0v) is 19.3. The lowest BCUT2D eigenvalue weighted by Gasteiger charge is -2.25. The van der Waals surface area contributed by atoms with E-state index in [1.54, 1.807) is 47.2 Å². The van der Waals surface area contributed by atoms with Gasteiger partial charge in [0, 0.05) is 23.7 Å². The Labute approximate surface area is 199 Å². The van der Waals surface area contributed by atoms with Gasteiger partial charge in [0.25, 0.3) is 5.91 Å². The van der Waals surface area contributed by atoms with Gasteiger partial charge in [-0.1, -0.05) is 17.7 Å². The molecule has 1 aliphatic heterocycles. The van der Waals surface area contributed by atoms with E-state index in [-0.39, 0.29) is 17.6 Å². The summed E-state index contributed by atoms with van der Waals surface area (Å²) in [6.07, 6.45) is 0. The molecule has 0 radical (unpaired) electrons. The maximum atomic E-state index is 13.1. The molecule has 0 atom stereocenters. The van der Waals surface area contributed by atoms with Crippen LogP contribution in [-0.2, 0) is 20.9 Å². The fourth-order valence-electron chi connectivity index (χ4n) is 3.13. The number of rotatable bonds is 8. The van der Waals surface area contributed by atoms with E-state index < -0.39 is 12.6 Å². The summed E-state index contributed by atoms with van der Waals surface area (Å²) in [5, 5.41) is 9.86. The number of halogens is 1. The zero-order chi connectivity index (χ0) is 23.2. The summed E-state index contributed by atoms with van der Waals surface area (Å²) in [6, 6.07) is 12.4. The molecule has 172 valence electrons. The van der Waals surface area contributed by atoms with Gasteiger partial charge >= 0.3 is 5.97 Å². The molecule has 3 aromatic rings. The fraction of sp³-hybridized carbons (Fsp3) is 0.273. The normalized spacial score (nSPS) is 12.2. The molecular formula is C22H21ClN4O5S. The summed E-state index contributed by atoms with van der Waals surface area (Å²) in [7, 11) is 1.67. The molecule has 2 aromatic heterocycles. The first-order valence-corrected chi connectivity index (χ1v) is 11.3. The largest absolute Gasteiger partial charge is 0.486 e. The second-order valence-electron chi connectivity index (χ2n) is 7.12. The Morgan fingerprint density at radius 3 is 2.67 bits per heavy atom. The molecule has 0 saturated heterocycles. The van der Waals surface area contributed by atoms with Gasteiger partial charge in [0.05, 0.1) is 6.54 Å². The van der Waals surface area contributed by atoms with Gasteiger partial charge in [0.1, 0.15) is 19.8 Å². The Morgan fingerprint density at radius 2 is 1.94 bits per heavy atom. The smallest absolute Gasteiger partial charge is 0.326 e. The van der Waals surface area contributed by atoms with E-state index in [9.17, 15) is 9.59 Å². The molecule has 0 bridgehead atoms. The van der Waals surface area contributed by atoms with Crippen LogP contribution >= 0.6 is 22.9 Å². The monoisotopic (exact) mass is 488 g/mol. The van der Waals surface area contributed by atoms with Crippen LogP contribution < -0.4 is 19.3 Å². The van der Waals surface area contributed by atoms with Crippen LogP contribution in [-0.4, -0.2) is 55.5 Å². The molecule has 4 rings (SSSR count). The van der Waals surface area contributed by atoms with Crippen molar-refractivity contribution >= 4 is 46.3 Å². The number of amides is 1. The molecule has 0 saturated carbocycles. The van der Waals surface area contributed by atoms with Crippen molar-refractivity contribution < 1.29 is 23.8 Å². The van der Waals surface area contributed by atoms with Crippen LogP contribution in [0.5, 0.6) is 11.5 Å². The number of thiophene rings is 1. The number of likely N-dealkylation sites (N-methyl/N-ethyl adjacent to an activating group) is 1. The van der Waals surface area contributed by atoms with Crippen LogP contribution in [0.1, 0.15) is 4.88 Å². The van der Waals surface area contributed by atoms with Gasteiger partial charge in [-0.05, 0) is 35.7 Å². The lowest BCUT2D eigenvalue weighted by atomic mass is 10.2. The minimum atomic E-state index is -0.569. The first-order valence-electron chi connectivity index (χ1n) is 10.1. The van der Waals surface area contributed by atoms with Crippen LogP contribution in [0, 0.1) is 0 Å². The highest BCUT2D eigenvalue weighted by Gasteiger charge is 2.22. The first-order chi connectivity index (χ1) is 16.0. The number of hydrogen-bond donors (Lipinski definition) is 0. The number of carbonyl (C=O) groups excluding carboxylic acids is 2. The first kappa shape index (κ1) is 22.8. The third kappa shape index (κ3) is 5.91. The Hall–Kier alpha value is -3.37. The quantitative estimate of drug-likeness (QED) is 0.446. The molecule has 0 unspecified atom stereocenters. The Balaban J connectivity index is 1.42. The topological polar surface area (TPSA) is 94.1 Å². The molecule has 11 heteroatoms. The molecule has 0 aliphatic carbocycles. The van der Waals surface area contributed by atoms with Gasteiger partial charge in [-0.3, -0.25) is 9.59 Å². The molecule has 0 N–H and O–H groups in total. The van der Waals surface area contributed by atoms with Crippen molar-refractivity contribution in [3.05, 3.63) is 57.9 Å². The SMILES string of the molecule is CN(CC(=O)OCC(=O)N(Cc1cccs1)c1ccc2c(c1)OCCO2)c1ccc(Cl)nn1. The predicted molar refractivity (Wildman–Crippen MR) is 124 cm³/mol. The minimum absolute atomic E-state index is 0.0987. The van der Waals surface area contributed by atoms with E-state index in [2.05, 4.69) is 10.2 Å². The molecule has 3 heterocycles. The van der Waals surface area contributed by atoms with Crippen molar-refractivity contribution in [1.29, 1.82) is 0 Å². The Bertz CT molecular complexity index is 1110. The van der Waals surface area contributed by atoms with Crippen LogP contribution in [0.3, 0.4) is 0 Å².